The molecule has 6 nitrogen and oxygen atoms in total. The van der Waals surface area contributed by atoms with Crippen molar-refractivity contribution in [3.05, 3.63) is 47.3 Å². The first-order valence-electron chi connectivity index (χ1n) is 9.87. The van der Waals surface area contributed by atoms with Crippen LogP contribution < -0.4 is 4.74 Å². The van der Waals surface area contributed by atoms with E-state index < -0.39 is 0 Å². The van der Waals surface area contributed by atoms with Crippen molar-refractivity contribution in [2.45, 2.75) is 37.8 Å². The number of fused-ring (bicyclic) bond motifs is 2. The Bertz CT molecular complexity index is 855. The van der Waals surface area contributed by atoms with E-state index in [4.69, 9.17) is 4.74 Å². The maximum atomic E-state index is 13.3. The number of para-hydroxylation sites is 1. The summed E-state index contributed by atoms with van der Waals surface area (Å²) in [7, 11) is 1.73. The van der Waals surface area contributed by atoms with Crippen molar-refractivity contribution in [3.8, 4) is 5.75 Å². The molecule has 0 saturated carbocycles. The number of aromatic amines is 1. The summed E-state index contributed by atoms with van der Waals surface area (Å²) in [4.78, 5) is 18.0. The molecule has 1 N–H and O–H groups in total. The Balaban J connectivity index is 1.55. The summed E-state index contributed by atoms with van der Waals surface area (Å²) in [5.74, 6) is 1.84. The van der Waals surface area contributed by atoms with Gasteiger partial charge >= 0.3 is 0 Å². The molecule has 6 heteroatoms. The van der Waals surface area contributed by atoms with Crippen LogP contribution in [0.2, 0.25) is 0 Å². The first-order valence-corrected chi connectivity index (χ1v) is 9.87. The zero-order valence-corrected chi connectivity index (χ0v) is 15.9. The van der Waals surface area contributed by atoms with Crippen LogP contribution in [0.3, 0.4) is 0 Å². The van der Waals surface area contributed by atoms with Gasteiger partial charge in [-0.2, -0.15) is 5.10 Å². The third-order valence-electron chi connectivity index (χ3n) is 6.72. The molecule has 2 aromatic rings. The fourth-order valence-corrected chi connectivity index (χ4v) is 5.58. The number of amides is 1. The topological polar surface area (TPSA) is 61.5 Å². The lowest BCUT2D eigenvalue weighted by Crippen LogP contribution is -2.60. The van der Waals surface area contributed by atoms with E-state index >= 15 is 0 Å². The quantitative estimate of drug-likeness (QED) is 0.906. The Labute approximate surface area is 159 Å². The largest absolute Gasteiger partial charge is 0.496 e. The minimum absolute atomic E-state index is 0.0560. The molecule has 0 aliphatic carbocycles. The maximum Gasteiger partial charge on any atom is 0.274 e. The summed E-state index contributed by atoms with van der Waals surface area (Å²) in [5, 5.41) is 7.15. The molecule has 2 bridgehead atoms. The highest BCUT2D eigenvalue weighted by atomic mass is 16.5. The van der Waals surface area contributed by atoms with E-state index in [-0.39, 0.29) is 17.9 Å². The summed E-state index contributed by atoms with van der Waals surface area (Å²) in [6.07, 6.45) is 2.37. The molecule has 4 aliphatic rings. The standard InChI is InChI=1S/C21H26N4O2/c1-13-11-17(23-22-13)21(26)25-12-16(15-5-3-4-6-18(15)27-2)20-19(25)14-7-9-24(20)10-8-14/h3-6,11,14,16,19-20H,7-10,12H2,1-2H3,(H,22,23)/t16-,19+,20+/m0/s1. The number of rotatable bonds is 3. The van der Waals surface area contributed by atoms with E-state index in [9.17, 15) is 4.79 Å². The third-order valence-corrected chi connectivity index (χ3v) is 6.72. The predicted octanol–water partition coefficient (Wildman–Crippen LogP) is 2.43. The Morgan fingerprint density at radius 2 is 2.00 bits per heavy atom. The van der Waals surface area contributed by atoms with E-state index in [1.165, 1.54) is 18.4 Å². The van der Waals surface area contributed by atoms with Gasteiger partial charge in [-0.25, -0.2) is 0 Å². The molecule has 0 radical (unpaired) electrons. The highest BCUT2D eigenvalue weighted by molar-refractivity contribution is 5.93. The number of nitrogens with zero attached hydrogens (tertiary/aromatic N) is 3. The molecule has 5 heterocycles. The lowest BCUT2D eigenvalue weighted by Gasteiger charge is -2.51. The minimum Gasteiger partial charge on any atom is -0.496 e. The van der Waals surface area contributed by atoms with E-state index in [0.717, 1.165) is 31.1 Å². The Hall–Kier alpha value is -2.34. The molecule has 4 fully saturated rings. The number of carbonyl (C=O) groups is 1. The van der Waals surface area contributed by atoms with Gasteiger partial charge in [0.1, 0.15) is 11.4 Å². The first kappa shape index (κ1) is 16.8. The SMILES string of the molecule is COc1ccccc1[C@@H]1CN(C(=O)c2cc(C)[nH]n2)[C@@H]2C3CCN(CC3)[C@@H]21. The normalized spacial score (nSPS) is 31.8. The first-order chi connectivity index (χ1) is 13.2. The van der Waals surface area contributed by atoms with Gasteiger partial charge in [0.2, 0.25) is 0 Å². The number of methoxy groups -OCH3 is 1. The Kier molecular flexibility index (Phi) is 3.97. The van der Waals surface area contributed by atoms with Crippen molar-refractivity contribution in [2.24, 2.45) is 5.92 Å². The van der Waals surface area contributed by atoms with Crippen molar-refractivity contribution in [2.75, 3.05) is 26.7 Å². The van der Waals surface area contributed by atoms with Gasteiger partial charge in [-0.05, 0) is 50.9 Å². The number of nitrogens with one attached hydrogen (secondary N) is 1. The second kappa shape index (κ2) is 6.37. The number of benzene rings is 1. The molecule has 3 atom stereocenters. The van der Waals surface area contributed by atoms with E-state index in [1.807, 2.05) is 25.1 Å². The number of hydrogen-bond donors (Lipinski definition) is 1. The minimum atomic E-state index is 0.0560. The Morgan fingerprint density at radius 3 is 2.70 bits per heavy atom. The molecule has 4 aliphatic heterocycles. The van der Waals surface area contributed by atoms with E-state index in [1.54, 1.807) is 7.11 Å². The number of hydrogen-bond acceptors (Lipinski definition) is 4. The van der Waals surface area contributed by atoms with Crippen LogP contribution in [0.5, 0.6) is 5.75 Å². The monoisotopic (exact) mass is 366 g/mol. The van der Waals surface area contributed by atoms with Gasteiger partial charge < -0.3 is 9.64 Å². The van der Waals surface area contributed by atoms with Crippen molar-refractivity contribution < 1.29 is 9.53 Å². The fourth-order valence-electron chi connectivity index (χ4n) is 5.58. The van der Waals surface area contributed by atoms with Gasteiger partial charge in [-0.15, -0.1) is 0 Å². The van der Waals surface area contributed by atoms with E-state index in [2.05, 4.69) is 32.1 Å². The lowest BCUT2D eigenvalue weighted by molar-refractivity contribution is -0.00367. The van der Waals surface area contributed by atoms with Crippen molar-refractivity contribution >= 4 is 5.91 Å². The second-order valence-electron chi connectivity index (χ2n) is 8.10. The summed E-state index contributed by atoms with van der Waals surface area (Å²) >= 11 is 0. The van der Waals surface area contributed by atoms with Gasteiger partial charge in [0, 0.05) is 29.8 Å². The molecule has 1 aromatic carbocycles. The maximum absolute atomic E-state index is 13.3. The van der Waals surface area contributed by atoms with Crippen LogP contribution in [0.4, 0.5) is 0 Å². The van der Waals surface area contributed by atoms with Crippen LogP contribution >= 0.6 is 0 Å². The molecule has 142 valence electrons. The molecule has 1 aromatic heterocycles. The fraction of sp³-hybridized carbons (Fsp3) is 0.524. The zero-order valence-electron chi connectivity index (χ0n) is 15.9. The van der Waals surface area contributed by atoms with Gasteiger partial charge in [0.15, 0.2) is 0 Å². The van der Waals surface area contributed by atoms with Crippen molar-refractivity contribution in [1.82, 2.24) is 20.0 Å². The number of piperidine rings is 3. The molecule has 6 rings (SSSR count). The Morgan fingerprint density at radius 1 is 1.22 bits per heavy atom. The van der Waals surface area contributed by atoms with Crippen molar-refractivity contribution in [1.29, 1.82) is 0 Å². The van der Waals surface area contributed by atoms with Crippen LogP contribution in [0.1, 0.15) is 40.5 Å². The van der Waals surface area contributed by atoms with E-state index in [0.29, 0.717) is 17.7 Å². The van der Waals surface area contributed by atoms with Crippen LogP contribution in [0, 0.1) is 12.8 Å². The molecule has 4 saturated heterocycles. The van der Waals surface area contributed by atoms with Gasteiger partial charge in [-0.1, -0.05) is 18.2 Å². The van der Waals surface area contributed by atoms with Crippen LogP contribution in [0.15, 0.2) is 30.3 Å². The number of H-pyrrole nitrogens is 1. The predicted molar refractivity (Wildman–Crippen MR) is 102 cm³/mol. The number of ether oxygens (including phenoxy) is 1. The highest BCUT2D eigenvalue weighted by Crippen LogP contribution is 2.48. The number of aromatic nitrogens is 2. The van der Waals surface area contributed by atoms with Crippen LogP contribution in [-0.4, -0.2) is 64.7 Å². The molecule has 27 heavy (non-hydrogen) atoms. The summed E-state index contributed by atoms with van der Waals surface area (Å²) in [5.41, 5.74) is 2.67. The summed E-state index contributed by atoms with van der Waals surface area (Å²) < 4.78 is 5.66. The van der Waals surface area contributed by atoms with Crippen LogP contribution in [-0.2, 0) is 0 Å². The number of carbonyl (C=O) groups excluding carboxylic acids is 1. The molecular formula is C21H26N4O2. The van der Waals surface area contributed by atoms with Gasteiger partial charge in [-0.3, -0.25) is 14.8 Å². The number of likely N-dealkylation sites (tertiary alicyclic amines) is 1. The lowest BCUT2D eigenvalue weighted by atomic mass is 9.75. The van der Waals surface area contributed by atoms with Gasteiger partial charge in [0.05, 0.1) is 13.2 Å². The second-order valence-corrected chi connectivity index (χ2v) is 8.10. The molecule has 0 spiro atoms. The smallest absolute Gasteiger partial charge is 0.274 e. The van der Waals surface area contributed by atoms with Crippen molar-refractivity contribution in [3.63, 3.8) is 0 Å². The highest BCUT2D eigenvalue weighted by Gasteiger charge is 2.55. The average molecular weight is 366 g/mol. The molecular weight excluding hydrogens is 340 g/mol. The summed E-state index contributed by atoms with van der Waals surface area (Å²) in [6, 6.07) is 10.8. The van der Waals surface area contributed by atoms with Crippen LogP contribution in [0.25, 0.3) is 0 Å². The molecule has 0 unspecified atom stereocenters. The molecule has 1 amide bonds. The number of aryl methyl sites for hydroxylation is 1. The zero-order chi connectivity index (χ0) is 18.5. The third kappa shape index (κ3) is 2.57. The van der Waals surface area contributed by atoms with Gasteiger partial charge in [0.25, 0.3) is 5.91 Å². The summed E-state index contributed by atoms with van der Waals surface area (Å²) in [6.45, 7) is 4.94. The average Bonchev–Trinajstić information content (AvgIpc) is 3.33.